The van der Waals surface area contributed by atoms with Gasteiger partial charge in [-0.3, -0.25) is 10.1 Å². The second-order valence-electron chi connectivity index (χ2n) is 4.53. The third-order valence-corrected chi connectivity index (χ3v) is 3.39. The van der Waals surface area contributed by atoms with Crippen LogP contribution < -0.4 is 10.6 Å². The van der Waals surface area contributed by atoms with Gasteiger partial charge in [-0.05, 0) is 31.7 Å². The molecule has 6 nitrogen and oxygen atoms in total. The van der Waals surface area contributed by atoms with E-state index < -0.39 is 11.0 Å². The van der Waals surface area contributed by atoms with Crippen LogP contribution in [-0.4, -0.2) is 11.0 Å². The molecule has 2 amide bonds. The summed E-state index contributed by atoms with van der Waals surface area (Å²) in [5.41, 5.74) is 1.28. The second kappa shape index (κ2) is 6.38. The van der Waals surface area contributed by atoms with E-state index in [-0.39, 0.29) is 16.4 Å². The van der Waals surface area contributed by atoms with Gasteiger partial charge in [0, 0.05) is 18.3 Å². The monoisotopic (exact) mass is 295 g/mol. The molecule has 2 rings (SSSR count). The lowest BCUT2D eigenvalue weighted by Crippen LogP contribution is -2.24. The summed E-state index contributed by atoms with van der Waals surface area (Å²) in [5, 5.41) is 16.0. The number of nitrogens with zero attached hydrogens (tertiary/aromatic N) is 1. The highest BCUT2D eigenvalue weighted by atomic mass is 35.5. The summed E-state index contributed by atoms with van der Waals surface area (Å²) in [5.74, 6) is 0. The summed E-state index contributed by atoms with van der Waals surface area (Å²) < 4.78 is 0. The topological polar surface area (TPSA) is 84.3 Å². The molecule has 0 unspecified atom stereocenters. The second-order valence-corrected chi connectivity index (χ2v) is 4.94. The van der Waals surface area contributed by atoms with Crippen LogP contribution in [0.25, 0.3) is 0 Å². The van der Waals surface area contributed by atoms with E-state index in [0.29, 0.717) is 0 Å². The summed E-state index contributed by atoms with van der Waals surface area (Å²) in [6.07, 6.45) is 5.97. The van der Waals surface area contributed by atoms with E-state index >= 15 is 0 Å². The number of amides is 2. The Hall–Kier alpha value is -2.08. The van der Waals surface area contributed by atoms with Crippen molar-refractivity contribution >= 4 is 29.0 Å². The first-order valence-electron chi connectivity index (χ1n) is 6.25. The van der Waals surface area contributed by atoms with Gasteiger partial charge in [0.2, 0.25) is 0 Å². The zero-order chi connectivity index (χ0) is 14.5. The number of nitrogens with one attached hydrogen (secondary N) is 2. The molecule has 0 aliphatic heterocycles. The zero-order valence-electron chi connectivity index (χ0n) is 10.7. The predicted octanol–water partition coefficient (Wildman–Crippen LogP) is 3.83. The highest BCUT2D eigenvalue weighted by Gasteiger charge is 2.12. The van der Waals surface area contributed by atoms with Gasteiger partial charge in [0.15, 0.2) is 0 Å². The molecular formula is C13H14ClN3O3. The first kappa shape index (κ1) is 14.3. The Labute approximate surface area is 121 Å². The van der Waals surface area contributed by atoms with E-state index in [1.165, 1.54) is 23.8 Å². The van der Waals surface area contributed by atoms with Crippen LogP contribution >= 0.6 is 11.6 Å². The Morgan fingerprint density at radius 3 is 2.70 bits per heavy atom. The SMILES string of the molecule is O=C(NC=C1CCCC1)Nc1cc([N+](=O)[O-])ccc1Cl. The fraction of sp³-hybridized carbons (Fsp3) is 0.308. The van der Waals surface area contributed by atoms with Crippen molar-refractivity contribution in [3.05, 3.63) is 45.1 Å². The maximum Gasteiger partial charge on any atom is 0.323 e. The van der Waals surface area contributed by atoms with Gasteiger partial charge in [-0.25, -0.2) is 4.79 Å². The summed E-state index contributed by atoms with van der Waals surface area (Å²) in [7, 11) is 0. The first-order valence-corrected chi connectivity index (χ1v) is 6.63. The van der Waals surface area contributed by atoms with Crippen LogP contribution in [0.2, 0.25) is 5.02 Å². The van der Waals surface area contributed by atoms with Gasteiger partial charge in [-0.1, -0.05) is 17.2 Å². The highest BCUT2D eigenvalue weighted by molar-refractivity contribution is 6.33. The number of anilines is 1. The van der Waals surface area contributed by atoms with Crippen molar-refractivity contribution in [2.24, 2.45) is 0 Å². The van der Waals surface area contributed by atoms with Crippen molar-refractivity contribution in [2.45, 2.75) is 25.7 Å². The molecule has 0 spiro atoms. The number of nitro benzene ring substituents is 1. The number of carbonyl (C=O) groups is 1. The molecule has 1 aliphatic carbocycles. The van der Waals surface area contributed by atoms with Crippen LogP contribution in [0.5, 0.6) is 0 Å². The molecule has 0 atom stereocenters. The van der Waals surface area contributed by atoms with Crippen molar-refractivity contribution in [3.63, 3.8) is 0 Å². The van der Waals surface area contributed by atoms with E-state index in [1.54, 1.807) is 6.20 Å². The van der Waals surface area contributed by atoms with Crippen LogP contribution in [0, 0.1) is 10.1 Å². The lowest BCUT2D eigenvalue weighted by atomic mass is 10.2. The van der Waals surface area contributed by atoms with Crippen molar-refractivity contribution < 1.29 is 9.72 Å². The maximum absolute atomic E-state index is 11.7. The van der Waals surface area contributed by atoms with Crippen LogP contribution in [-0.2, 0) is 0 Å². The largest absolute Gasteiger partial charge is 0.323 e. The molecule has 1 aromatic rings. The Morgan fingerprint density at radius 2 is 2.05 bits per heavy atom. The van der Waals surface area contributed by atoms with E-state index in [9.17, 15) is 14.9 Å². The number of halogens is 1. The summed E-state index contributed by atoms with van der Waals surface area (Å²) >= 11 is 5.89. The molecule has 7 heteroatoms. The molecule has 0 saturated heterocycles. The number of hydrogen-bond donors (Lipinski definition) is 2. The van der Waals surface area contributed by atoms with Gasteiger partial charge in [0.05, 0.1) is 15.6 Å². The Balaban J connectivity index is 2.01. The van der Waals surface area contributed by atoms with Crippen molar-refractivity contribution in [2.75, 3.05) is 5.32 Å². The van der Waals surface area contributed by atoms with Gasteiger partial charge >= 0.3 is 6.03 Å². The summed E-state index contributed by atoms with van der Waals surface area (Å²) in [6.45, 7) is 0. The Morgan fingerprint density at radius 1 is 1.35 bits per heavy atom. The van der Waals surface area contributed by atoms with E-state index in [2.05, 4.69) is 10.6 Å². The Kier molecular flexibility index (Phi) is 4.57. The molecule has 0 bridgehead atoms. The molecular weight excluding hydrogens is 282 g/mol. The smallest absolute Gasteiger partial charge is 0.314 e. The molecule has 1 aromatic carbocycles. The van der Waals surface area contributed by atoms with E-state index in [1.807, 2.05) is 0 Å². The van der Waals surface area contributed by atoms with Crippen molar-refractivity contribution in [1.29, 1.82) is 0 Å². The van der Waals surface area contributed by atoms with Crippen LogP contribution in [0.4, 0.5) is 16.2 Å². The van der Waals surface area contributed by atoms with Crippen LogP contribution in [0.1, 0.15) is 25.7 Å². The van der Waals surface area contributed by atoms with Crippen LogP contribution in [0.3, 0.4) is 0 Å². The van der Waals surface area contributed by atoms with Gasteiger partial charge in [0.25, 0.3) is 5.69 Å². The normalized spacial score (nSPS) is 13.9. The lowest BCUT2D eigenvalue weighted by Gasteiger charge is -2.07. The van der Waals surface area contributed by atoms with Gasteiger partial charge in [0.1, 0.15) is 0 Å². The average molecular weight is 296 g/mol. The van der Waals surface area contributed by atoms with E-state index in [4.69, 9.17) is 11.6 Å². The summed E-state index contributed by atoms with van der Waals surface area (Å²) in [4.78, 5) is 21.8. The number of non-ortho nitro benzene ring substituents is 1. The summed E-state index contributed by atoms with van der Waals surface area (Å²) in [6, 6.07) is 3.42. The highest BCUT2D eigenvalue weighted by Crippen LogP contribution is 2.26. The number of hydrogen-bond acceptors (Lipinski definition) is 3. The lowest BCUT2D eigenvalue weighted by molar-refractivity contribution is -0.384. The van der Waals surface area contributed by atoms with Crippen molar-refractivity contribution in [3.8, 4) is 0 Å². The minimum absolute atomic E-state index is 0.126. The molecule has 1 aliphatic rings. The van der Waals surface area contributed by atoms with E-state index in [0.717, 1.165) is 25.7 Å². The number of carbonyl (C=O) groups excluding carboxylic acids is 1. The number of benzene rings is 1. The van der Waals surface area contributed by atoms with Gasteiger partial charge in [-0.2, -0.15) is 0 Å². The molecule has 1 saturated carbocycles. The third kappa shape index (κ3) is 3.71. The molecule has 0 heterocycles. The number of allylic oxidation sites excluding steroid dienone is 1. The number of urea groups is 1. The molecule has 0 radical (unpaired) electrons. The molecule has 2 N–H and O–H groups in total. The quantitative estimate of drug-likeness (QED) is 0.656. The van der Waals surface area contributed by atoms with Crippen molar-refractivity contribution in [1.82, 2.24) is 5.32 Å². The zero-order valence-corrected chi connectivity index (χ0v) is 11.4. The van der Waals surface area contributed by atoms with Gasteiger partial charge in [-0.15, -0.1) is 0 Å². The minimum atomic E-state index is -0.542. The Bertz CT molecular complexity index is 564. The number of rotatable bonds is 3. The van der Waals surface area contributed by atoms with Crippen LogP contribution in [0.15, 0.2) is 30.0 Å². The first-order chi connectivity index (χ1) is 9.56. The molecule has 1 fully saturated rings. The predicted molar refractivity (Wildman–Crippen MR) is 76.8 cm³/mol. The van der Waals surface area contributed by atoms with Gasteiger partial charge < -0.3 is 10.6 Å². The standard InChI is InChI=1S/C13H14ClN3O3/c14-11-6-5-10(17(19)20)7-12(11)16-13(18)15-8-9-3-1-2-4-9/h5-8H,1-4H2,(H2,15,16,18). The third-order valence-electron chi connectivity index (χ3n) is 3.06. The minimum Gasteiger partial charge on any atom is -0.314 e. The number of nitro groups is 1. The molecule has 0 aromatic heterocycles. The fourth-order valence-corrected chi connectivity index (χ4v) is 2.19. The molecule has 106 valence electrons. The fourth-order valence-electron chi connectivity index (χ4n) is 2.02. The molecule has 20 heavy (non-hydrogen) atoms. The maximum atomic E-state index is 11.7. The average Bonchev–Trinajstić information content (AvgIpc) is 2.92.